The number of rotatable bonds is 3. The van der Waals surface area contributed by atoms with Gasteiger partial charge in [0.15, 0.2) is 0 Å². The van der Waals surface area contributed by atoms with E-state index < -0.39 is 0 Å². The highest BCUT2D eigenvalue weighted by molar-refractivity contribution is 5.11. The second-order valence-corrected chi connectivity index (χ2v) is 6.09. The van der Waals surface area contributed by atoms with E-state index in [0.29, 0.717) is 5.54 Å². The highest BCUT2D eigenvalue weighted by atomic mass is 14.9. The van der Waals surface area contributed by atoms with Gasteiger partial charge < -0.3 is 5.73 Å². The smallest absolute Gasteiger partial charge is 0.0192 e. The number of hydrogen-bond acceptors (Lipinski definition) is 1. The van der Waals surface area contributed by atoms with E-state index in [0.717, 1.165) is 17.8 Å². The molecule has 0 aromatic rings. The van der Waals surface area contributed by atoms with E-state index >= 15 is 0 Å². The summed E-state index contributed by atoms with van der Waals surface area (Å²) < 4.78 is 0. The highest BCUT2D eigenvalue weighted by Crippen LogP contribution is 2.55. The summed E-state index contributed by atoms with van der Waals surface area (Å²) in [6.45, 7) is 0. The molecule has 1 heteroatoms. The monoisotopic (exact) mass is 193 g/mol. The Kier molecular flexibility index (Phi) is 2.12. The lowest BCUT2D eigenvalue weighted by molar-refractivity contribution is 0.254. The molecule has 2 atom stereocenters. The van der Waals surface area contributed by atoms with Crippen LogP contribution in [0.25, 0.3) is 0 Å². The lowest BCUT2D eigenvalue weighted by Crippen LogP contribution is -2.32. The normalized spacial score (nSPS) is 43.9. The summed E-state index contributed by atoms with van der Waals surface area (Å²) in [6, 6.07) is 0. The van der Waals surface area contributed by atoms with Crippen molar-refractivity contribution in [2.24, 2.45) is 23.5 Å². The average molecular weight is 193 g/mol. The molecule has 0 bridgehead atoms. The Morgan fingerprint density at radius 1 is 1.00 bits per heavy atom. The van der Waals surface area contributed by atoms with Crippen LogP contribution in [0.3, 0.4) is 0 Å². The van der Waals surface area contributed by atoms with Gasteiger partial charge in [0.25, 0.3) is 0 Å². The first-order chi connectivity index (χ1) is 6.78. The van der Waals surface area contributed by atoms with Crippen molar-refractivity contribution < 1.29 is 0 Å². The molecule has 0 spiro atoms. The molecule has 0 aliphatic heterocycles. The van der Waals surface area contributed by atoms with E-state index in [1.807, 2.05) is 0 Å². The molecule has 2 unspecified atom stereocenters. The fourth-order valence-corrected chi connectivity index (χ4v) is 3.82. The molecule has 3 aliphatic rings. The number of nitrogens with two attached hydrogens (primary N) is 1. The minimum absolute atomic E-state index is 0.306. The van der Waals surface area contributed by atoms with Gasteiger partial charge in [-0.1, -0.05) is 44.9 Å². The Morgan fingerprint density at radius 3 is 2.29 bits per heavy atom. The third-order valence-electron chi connectivity index (χ3n) is 5.04. The molecule has 0 saturated heterocycles. The Balaban J connectivity index is 1.53. The molecule has 0 heterocycles. The molecule has 3 aliphatic carbocycles. The minimum atomic E-state index is 0.306. The van der Waals surface area contributed by atoms with Gasteiger partial charge in [0.1, 0.15) is 0 Å². The van der Waals surface area contributed by atoms with E-state index in [4.69, 9.17) is 5.73 Å². The maximum Gasteiger partial charge on any atom is 0.0192 e. The molecule has 0 radical (unpaired) electrons. The Hall–Kier alpha value is -0.0400. The van der Waals surface area contributed by atoms with Crippen molar-refractivity contribution in [2.75, 3.05) is 0 Å². The van der Waals surface area contributed by atoms with Crippen LogP contribution in [0.1, 0.15) is 57.8 Å². The van der Waals surface area contributed by atoms with Crippen molar-refractivity contribution in [2.45, 2.75) is 63.3 Å². The first kappa shape index (κ1) is 9.21. The topological polar surface area (TPSA) is 26.0 Å². The van der Waals surface area contributed by atoms with E-state index in [1.165, 1.54) is 57.8 Å². The Labute approximate surface area is 87.4 Å². The average Bonchev–Trinajstić information content (AvgIpc) is 2.60. The minimum Gasteiger partial charge on any atom is -0.325 e. The van der Waals surface area contributed by atoms with Crippen molar-refractivity contribution in [1.82, 2.24) is 0 Å². The van der Waals surface area contributed by atoms with Gasteiger partial charge in [0, 0.05) is 5.54 Å². The third kappa shape index (κ3) is 1.50. The molecule has 0 aromatic carbocycles. The molecule has 3 rings (SSSR count). The van der Waals surface area contributed by atoms with Crippen LogP contribution in [0.4, 0.5) is 0 Å². The molecular formula is C13H23N. The standard InChI is InChI=1S/C13H23N/c14-13(8-10-4-3-5-10)9-12(13)11-6-1-2-7-11/h10-12H,1-9,14H2. The van der Waals surface area contributed by atoms with Crippen molar-refractivity contribution in [1.29, 1.82) is 0 Å². The van der Waals surface area contributed by atoms with E-state index in [1.54, 1.807) is 0 Å². The van der Waals surface area contributed by atoms with Gasteiger partial charge in [-0.15, -0.1) is 0 Å². The predicted molar refractivity (Wildman–Crippen MR) is 58.9 cm³/mol. The summed E-state index contributed by atoms with van der Waals surface area (Å²) >= 11 is 0. The van der Waals surface area contributed by atoms with Crippen LogP contribution >= 0.6 is 0 Å². The Morgan fingerprint density at radius 2 is 1.71 bits per heavy atom. The summed E-state index contributed by atoms with van der Waals surface area (Å²) in [4.78, 5) is 0. The second-order valence-electron chi connectivity index (χ2n) is 6.09. The van der Waals surface area contributed by atoms with Crippen LogP contribution < -0.4 is 5.73 Å². The van der Waals surface area contributed by atoms with Crippen LogP contribution in [-0.2, 0) is 0 Å². The summed E-state index contributed by atoms with van der Waals surface area (Å²) in [5.74, 6) is 2.94. The van der Waals surface area contributed by atoms with Gasteiger partial charge >= 0.3 is 0 Å². The molecule has 3 fully saturated rings. The fourth-order valence-electron chi connectivity index (χ4n) is 3.82. The lowest BCUT2D eigenvalue weighted by atomic mass is 9.79. The molecule has 3 saturated carbocycles. The molecule has 0 amide bonds. The zero-order valence-corrected chi connectivity index (χ0v) is 9.17. The summed E-state index contributed by atoms with van der Waals surface area (Å²) in [5.41, 5.74) is 6.79. The van der Waals surface area contributed by atoms with Gasteiger partial charge in [0.2, 0.25) is 0 Å². The summed E-state index contributed by atoms with van der Waals surface area (Å²) in [6.07, 6.45) is 13.0. The van der Waals surface area contributed by atoms with Crippen molar-refractivity contribution in [3.05, 3.63) is 0 Å². The largest absolute Gasteiger partial charge is 0.325 e. The third-order valence-corrected chi connectivity index (χ3v) is 5.04. The van der Waals surface area contributed by atoms with Crippen molar-refractivity contribution in [3.63, 3.8) is 0 Å². The quantitative estimate of drug-likeness (QED) is 0.732. The molecular weight excluding hydrogens is 170 g/mol. The van der Waals surface area contributed by atoms with Gasteiger partial charge in [0.05, 0.1) is 0 Å². The summed E-state index contributed by atoms with van der Waals surface area (Å²) in [5, 5.41) is 0. The van der Waals surface area contributed by atoms with Crippen molar-refractivity contribution in [3.8, 4) is 0 Å². The van der Waals surface area contributed by atoms with E-state index in [9.17, 15) is 0 Å². The molecule has 80 valence electrons. The first-order valence-corrected chi connectivity index (χ1v) is 6.57. The lowest BCUT2D eigenvalue weighted by Gasteiger charge is -2.29. The maximum absolute atomic E-state index is 6.48. The Bertz CT molecular complexity index is 215. The second kappa shape index (κ2) is 3.23. The highest BCUT2D eigenvalue weighted by Gasteiger charge is 2.55. The molecule has 0 aromatic heterocycles. The molecule has 2 N–H and O–H groups in total. The predicted octanol–water partition coefficient (Wildman–Crippen LogP) is 3.08. The summed E-state index contributed by atoms with van der Waals surface area (Å²) in [7, 11) is 0. The fraction of sp³-hybridized carbons (Fsp3) is 1.00. The van der Waals surface area contributed by atoms with E-state index in [-0.39, 0.29) is 0 Å². The first-order valence-electron chi connectivity index (χ1n) is 6.57. The van der Waals surface area contributed by atoms with Crippen LogP contribution in [0.5, 0.6) is 0 Å². The van der Waals surface area contributed by atoms with Gasteiger partial charge in [-0.25, -0.2) is 0 Å². The molecule has 1 nitrogen and oxygen atoms in total. The maximum atomic E-state index is 6.48. The van der Waals surface area contributed by atoms with Crippen LogP contribution in [0.15, 0.2) is 0 Å². The van der Waals surface area contributed by atoms with Gasteiger partial charge in [-0.3, -0.25) is 0 Å². The SMILES string of the molecule is NC1(CC2CCC2)CC1C1CCCC1. The van der Waals surface area contributed by atoms with Crippen molar-refractivity contribution >= 4 is 0 Å². The van der Waals surface area contributed by atoms with Crippen LogP contribution in [-0.4, -0.2) is 5.54 Å². The zero-order chi connectivity index (χ0) is 9.60. The number of hydrogen-bond donors (Lipinski definition) is 1. The van der Waals surface area contributed by atoms with Gasteiger partial charge in [-0.05, 0) is 30.6 Å². The molecule has 14 heavy (non-hydrogen) atoms. The van der Waals surface area contributed by atoms with Crippen LogP contribution in [0, 0.1) is 17.8 Å². The zero-order valence-electron chi connectivity index (χ0n) is 9.17. The van der Waals surface area contributed by atoms with E-state index in [2.05, 4.69) is 0 Å². The van der Waals surface area contributed by atoms with Gasteiger partial charge in [-0.2, -0.15) is 0 Å². The van der Waals surface area contributed by atoms with Crippen LogP contribution in [0.2, 0.25) is 0 Å².